The summed E-state index contributed by atoms with van der Waals surface area (Å²) in [5.41, 5.74) is 1.74. The van der Waals surface area contributed by atoms with Gasteiger partial charge in [0, 0.05) is 29.5 Å². The summed E-state index contributed by atoms with van der Waals surface area (Å²) < 4.78 is 39.5. The lowest BCUT2D eigenvalue weighted by Crippen LogP contribution is -2.41. The Labute approximate surface area is 233 Å². The molecule has 3 heterocycles. The van der Waals surface area contributed by atoms with Gasteiger partial charge in [0.2, 0.25) is 11.6 Å². The summed E-state index contributed by atoms with van der Waals surface area (Å²) in [6.45, 7) is 0.379. The van der Waals surface area contributed by atoms with Crippen molar-refractivity contribution in [3.8, 4) is 0 Å². The highest BCUT2D eigenvalue weighted by molar-refractivity contribution is 8.00. The van der Waals surface area contributed by atoms with Gasteiger partial charge in [-0.2, -0.15) is 24.9 Å². The quantitative estimate of drug-likeness (QED) is 0.0977. The fraction of sp³-hybridized carbons (Fsp3) is 0.600. The second-order valence-corrected chi connectivity index (χ2v) is 11.4. The third-order valence-electron chi connectivity index (χ3n) is 7.31. The molecule has 7 N–H and O–H groups in total. The van der Waals surface area contributed by atoms with E-state index in [1.807, 2.05) is 11.8 Å². The van der Waals surface area contributed by atoms with Crippen molar-refractivity contribution in [1.82, 2.24) is 32.1 Å². The van der Waals surface area contributed by atoms with E-state index in [0.29, 0.717) is 31.1 Å². The fourth-order valence-corrected chi connectivity index (χ4v) is 6.49. The molecule has 11 nitrogen and oxygen atoms in total. The first-order valence-corrected chi connectivity index (χ1v) is 14.3. The van der Waals surface area contributed by atoms with Gasteiger partial charge in [-0.15, -0.1) is 0 Å². The predicted molar refractivity (Wildman–Crippen MR) is 140 cm³/mol. The maximum atomic E-state index is 13.2. The number of hydrogen-bond acceptors (Lipinski definition) is 7. The highest BCUT2D eigenvalue weighted by atomic mass is 32.2. The maximum absolute atomic E-state index is 13.2. The number of hydrogen-bond donors (Lipinski definition) is 7. The Kier molecular flexibility index (Phi) is 9.46. The van der Waals surface area contributed by atoms with Gasteiger partial charge in [0.05, 0.1) is 12.1 Å². The number of aliphatic carboxylic acids is 1. The van der Waals surface area contributed by atoms with Crippen LogP contribution in [0.25, 0.3) is 0 Å². The molecule has 4 amide bonds. The molecule has 4 atom stereocenters. The first-order valence-electron chi connectivity index (χ1n) is 13.2. The molecule has 3 saturated heterocycles. The summed E-state index contributed by atoms with van der Waals surface area (Å²) in [4.78, 5) is 47.6. The summed E-state index contributed by atoms with van der Waals surface area (Å²) in [7, 11) is 0. The average molecular weight is 587 g/mol. The van der Waals surface area contributed by atoms with Crippen LogP contribution >= 0.6 is 11.8 Å². The van der Waals surface area contributed by atoms with E-state index < -0.39 is 29.8 Å². The van der Waals surface area contributed by atoms with E-state index in [-0.39, 0.29) is 41.6 Å². The lowest BCUT2D eigenvalue weighted by molar-refractivity contribution is -0.165. The molecule has 3 fully saturated rings. The van der Waals surface area contributed by atoms with Crippen LogP contribution in [0.1, 0.15) is 60.9 Å². The third-order valence-corrected chi connectivity index (χ3v) is 8.81. The normalized spacial score (nSPS) is 23.5. The van der Waals surface area contributed by atoms with Crippen LogP contribution in [0.15, 0.2) is 24.3 Å². The second-order valence-electron chi connectivity index (χ2n) is 10.2. The summed E-state index contributed by atoms with van der Waals surface area (Å²) >= 11 is 1.84. The number of fused-ring (bicyclic) bond motifs is 1. The number of thioether (sulfide) groups is 1. The van der Waals surface area contributed by atoms with Crippen LogP contribution in [-0.2, 0) is 15.3 Å². The molecule has 0 unspecified atom stereocenters. The molecule has 4 rings (SSSR count). The largest absolute Gasteiger partial charge is 0.480 e. The molecular formula is C25H33F3N6O5S. The number of halogens is 3. The lowest BCUT2D eigenvalue weighted by Gasteiger charge is -2.17. The number of urea groups is 1. The minimum Gasteiger partial charge on any atom is -0.480 e. The number of benzene rings is 1. The first-order chi connectivity index (χ1) is 19.0. The topological polar surface area (TPSA) is 181 Å². The van der Waals surface area contributed by atoms with Crippen LogP contribution < -0.4 is 32.1 Å². The van der Waals surface area contributed by atoms with Crippen molar-refractivity contribution in [1.29, 1.82) is 0 Å². The number of carboxylic acids is 1. The SMILES string of the molecule is O=C(CCCC[C@@H]1SC[C@@H]2NC(=O)N[C@@H]21)NCCCC[C@H](NC(=O)c1ccc(C2(C(F)(F)F)NN2)cc1)C(=O)O. The molecule has 40 heavy (non-hydrogen) atoms. The predicted octanol–water partition coefficient (Wildman–Crippen LogP) is 1.70. The summed E-state index contributed by atoms with van der Waals surface area (Å²) in [6.07, 6.45) is -0.555. The van der Waals surface area contributed by atoms with Crippen molar-refractivity contribution in [2.45, 2.75) is 80.2 Å². The molecule has 220 valence electrons. The molecular weight excluding hydrogens is 553 g/mol. The van der Waals surface area contributed by atoms with Gasteiger partial charge in [-0.05, 0) is 49.8 Å². The Morgan fingerprint density at radius 2 is 1.80 bits per heavy atom. The Balaban J connectivity index is 1.09. The van der Waals surface area contributed by atoms with E-state index in [2.05, 4.69) is 32.1 Å². The number of carbonyl (C=O) groups is 4. The number of alkyl halides is 3. The Bertz CT molecular complexity index is 1100. The molecule has 0 bridgehead atoms. The number of nitrogens with one attached hydrogen (secondary N) is 6. The summed E-state index contributed by atoms with van der Waals surface area (Å²) in [6, 6.07) is 3.78. The van der Waals surface area contributed by atoms with Crippen molar-refractivity contribution in [2.24, 2.45) is 0 Å². The zero-order valence-electron chi connectivity index (χ0n) is 21.6. The van der Waals surface area contributed by atoms with Crippen LogP contribution in [0.3, 0.4) is 0 Å². The Hall–Kier alpha value is -3.04. The third kappa shape index (κ3) is 7.18. The number of hydrazine groups is 1. The summed E-state index contributed by atoms with van der Waals surface area (Å²) in [5, 5.41) is 20.9. The average Bonchev–Trinajstić information content (AvgIpc) is 3.54. The van der Waals surface area contributed by atoms with Gasteiger partial charge < -0.3 is 26.4 Å². The molecule has 0 spiro atoms. The number of rotatable bonds is 14. The molecule has 0 saturated carbocycles. The van der Waals surface area contributed by atoms with Gasteiger partial charge in [-0.3, -0.25) is 9.59 Å². The van der Waals surface area contributed by atoms with Crippen LogP contribution in [0, 0.1) is 0 Å². The van der Waals surface area contributed by atoms with Crippen LogP contribution in [-0.4, -0.2) is 70.8 Å². The van der Waals surface area contributed by atoms with Crippen LogP contribution in [0.4, 0.5) is 18.0 Å². The number of carbonyl (C=O) groups excluding carboxylic acids is 3. The standard InChI is InChI=1S/C25H33F3N6O5S/c26-25(27,28)24(33-34-24)15-10-8-14(9-11-15)21(36)30-16(22(37)38)5-3-4-12-29-19(35)7-2-1-6-18-20-17(13-40-18)31-23(39)32-20/h8-11,16-18,20,33-34H,1-7,12-13H2,(H,29,35)(H,30,36)(H,37,38)(H2,31,32,39)/t16-,17-,18-,20-/m0/s1. The van der Waals surface area contributed by atoms with E-state index in [4.69, 9.17) is 0 Å². The van der Waals surface area contributed by atoms with Gasteiger partial charge >= 0.3 is 18.2 Å². The van der Waals surface area contributed by atoms with Crippen molar-refractivity contribution in [2.75, 3.05) is 12.3 Å². The smallest absolute Gasteiger partial charge is 0.426 e. The highest BCUT2D eigenvalue weighted by Crippen LogP contribution is 2.42. The zero-order chi connectivity index (χ0) is 28.9. The fourth-order valence-electron chi connectivity index (χ4n) is 4.95. The maximum Gasteiger partial charge on any atom is 0.426 e. The van der Waals surface area contributed by atoms with Crippen molar-refractivity contribution < 1.29 is 37.5 Å². The molecule has 1 aromatic rings. The van der Waals surface area contributed by atoms with Crippen LogP contribution in [0.5, 0.6) is 0 Å². The molecule has 0 aliphatic carbocycles. The zero-order valence-corrected chi connectivity index (χ0v) is 22.4. The Morgan fingerprint density at radius 1 is 1.07 bits per heavy atom. The Morgan fingerprint density at radius 3 is 2.45 bits per heavy atom. The second kappa shape index (κ2) is 12.6. The van der Waals surface area contributed by atoms with Gasteiger partial charge in [0.1, 0.15) is 6.04 Å². The van der Waals surface area contributed by atoms with Crippen LogP contribution in [0.2, 0.25) is 0 Å². The van der Waals surface area contributed by atoms with E-state index in [1.54, 1.807) is 0 Å². The van der Waals surface area contributed by atoms with Crippen molar-refractivity contribution >= 4 is 35.6 Å². The van der Waals surface area contributed by atoms with Crippen molar-refractivity contribution in [3.05, 3.63) is 35.4 Å². The van der Waals surface area contributed by atoms with E-state index in [1.165, 1.54) is 12.1 Å². The molecule has 0 radical (unpaired) electrons. The number of unbranched alkanes of at least 4 members (excludes halogenated alkanes) is 2. The van der Waals surface area contributed by atoms with Gasteiger partial charge in [0.15, 0.2) is 0 Å². The molecule has 3 aliphatic heterocycles. The monoisotopic (exact) mass is 586 g/mol. The minimum absolute atomic E-state index is 0.0382. The molecule has 1 aromatic carbocycles. The molecule has 3 aliphatic rings. The van der Waals surface area contributed by atoms with Gasteiger partial charge in [0.25, 0.3) is 5.91 Å². The highest BCUT2D eigenvalue weighted by Gasteiger charge is 2.65. The number of carboxylic acid groups (broad SMARTS) is 1. The van der Waals surface area contributed by atoms with E-state index in [0.717, 1.165) is 37.1 Å². The lowest BCUT2D eigenvalue weighted by atomic mass is 10.0. The van der Waals surface area contributed by atoms with Gasteiger partial charge in [-0.1, -0.05) is 18.6 Å². The van der Waals surface area contributed by atoms with E-state index >= 15 is 0 Å². The molecule has 15 heteroatoms. The van der Waals surface area contributed by atoms with E-state index in [9.17, 15) is 37.5 Å². The van der Waals surface area contributed by atoms with Crippen molar-refractivity contribution in [3.63, 3.8) is 0 Å². The summed E-state index contributed by atoms with van der Waals surface area (Å²) in [5.74, 6) is -1.11. The first kappa shape index (κ1) is 29.9. The molecule has 0 aromatic heterocycles. The number of amides is 4. The van der Waals surface area contributed by atoms with Gasteiger partial charge in [-0.25, -0.2) is 20.4 Å². The minimum atomic E-state index is -4.57.